The number of carbonyl (C=O) groups is 1. The van der Waals surface area contributed by atoms with Gasteiger partial charge in [-0.3, -0.25) is 9.48 Å². The van der Waals surface area contributed by atoms with Crippen LogP contribution >= 0.6 is 0 Å². The second kappa shape index (κ2) is 9.71. The summed E-state index contributed by atoms with van der Waals surface area (Å²) in [7, 11) is 0. The molecule has 8 nitrogen and oxygen atoms in total. The Labute approximate surface area is 202 Å². The maximum Gasteiger partial charge on any atom is 0.252 e. The minimum Gasteiger partial charge on any atom is -0.365 e. The SMILES string of the molecule is NC(=O)c1cc(F)c(N[C@@H]2CCCC[C@@H]2N)nc1Nc1ccc2cnn(Cc3ccccc3)c2c1. The van der Waals surface area contributed by atoms with Gasteiger partial charge in [0.1, 0.15) is 5.82 Å². The molecule has 1 aliphatic rings. The van der Waals surface area contributed by atoms with Gasteiger partial charge in [-0.1, -0.05) is 43.2 Å². The number of hydrogen-bond donors (Lipinski definition) is 4. The van der Waals surface area contributed by atoms with Crippen LogP contribution in [-0.4, -0.2) is 32.8 Å². The van der Waals surface area contributed by atoms with Gasteiger partial charge in [0.05, 0.1) is 23.8 Å². The summed E-state index contributed by atoms with van der Waals surface area (Å²) in [6.07, 6.45) is 5.60. The Morgan fingerprint density at radius 1 is 1.09 bits per heavy atom. The maximum absolute atomic E-state index is 14.8. The van der Waals surface area contributed by atoms with E-state index in [2.05, 4.69) is 20.7 Å². The summed E-state index contributed by atoms with van der Waals surface area (Å²) in [4.78, 5) is 16.5. The molecule has 0 unspecified atom stereocenters. The fourth-order valence-corrected chi connectivity index (χ4v) is 4.55. The number of nitrogens with two attached hydrogens (primary N) is 2. The third kappa shape index (κ3) is 4.95. The van der Waals surface area contributed by atoms with Gasteiger partial charge in [-0.05, 0) is 42.7 Å². The van der Waals surface area contributed by atoms with Crippen LogP contribution in [0.1, 0.15) is 41.6 Å². The maximum atomic E-state index is 14.8. The Morgan fingerprint density at radius 3 is 2.66 bits per heavy atom. The Balaban J connectivity index is 1.45. The highest BCUT2D eigenvalue weighted by molar-refractivity contribution is 5.99. The highest BCUT2D eigenvalue weighted by Gasteiger charge is 2.24. The number of amides is 1. The van der Waals surface area contributed by atoms with Crippen LogP contribution in [0.5, 0.6) is 0 Å². The molecule has 9 heteroatoms. The van der Waals surface area contributed by atoms with Crippen molar-refractivity contribution in [3.63, 3.8) is 0 Å². The first-order chi connectivity index (χ1) is 17.0. The number of benzene rings is 2. The van der Waals surface area contributed by atoms with Crippen LogP contribution in [0.25, 0.3) is 10.9 Å². The standard InChI is InChI=1S/C26H28FN7O/c27-20-13-19(24(29)35)25(33-26(20)32-22-9-5-4-8-21(22)28)31-18-11-10-17-14-30-34(23(17)12-18)15-16-6-2-1-3-7-16/h1-3,6-7,10-14,21-22H,4-5,8-9,15,28H2,(H2,29,35)(H2,31,32,33)/t21-,22+/m0/s1. The zero-order chi connectivity index (χ0) is 24.4. The fourth-order valence-electron chi connectivity index (χ4n) is 4.55. The van der Waals surface area contributed by atoms with Crippen molar-refractivity contribution in [1.29, 1.82) is 0 Å². The number of nitrogens with one attached hydrogen (secondary N) is 2. The van der Waals surface area contributed by atoms with E-state index in [4.69, 9.17) is 11.5 Å². The van der Waals surface area contributed by atoms with Crippen LogP contribution in [0.4, 0.5) is 21.7 Å². The third-order valence-electron chi connectivity index (χ3n) is 6.47. The van der Waals surface area contributed by atoms with Crippen molar-refractivity contribution in [2.45, 2.75) is 44.3 Å². The number of halogens is 1. The minimum absolute atomic E-state index is 0.0288. The molecule has 2 heterocycles. The van der Waals surface area contributed by atoms with Crippen LogP contribution in [0, 0.1) is 5.82 Å². The molecule has 1 aliphatic carbocycles. The van der Waals surface area contributed by atoms with Gasteiger partial charge in [-0.2, -0.15) is 5.10 Å². The first-order valence-corrected chi connectivity index (χ1v) is 11.8. The monoisotopic (exact) mass is 473 g/mol. The van der Waals surface area contributed by atoms with E-state index in [1.54, 1.807) is 0 Å². The Kier molecular flexibility index (Phi) is 6.33. The molecule has 1 saturated carbocycles. The zero-order valence-corrected chi connectivity index (χ0v) is 19.2. The molecule has 35 heavy (non-hydrogen) atoms. The molecule has 0 radical (unpaired) electrons. The Morgan fingerprint density at radius 2 is 1.89 bits per heavy atom. The van der Waals surface area contributed by atoms with Gasteiger partial charge < -0.3 is 22.1 Å². The lowest BCUT2D eigenvalue weighted by molar-refractivity contribution is 0.100. The summed E-state index contributed by atoms with van der Waals surface area (Å²) < 4.78 is 16.7. The van der Waals surface area contributed by atoms with E-state index in [0.717, 1.165) is 48.2 Å². The van der Waals surface area contributed by atoms with Gasteiger partial charge >= 0.3 is 0 Å². The number of hydrogen-bond acceptors (Lipinski definition) is 6. The van der Waals surface area contributed by atoms with Crippen molar-refractivity contribution < 1.29 is 9.18 Å². The van der Waals surface area contributed by atoms with Gasteiger partial charge in [0.15, 0.2) is 11.6 Å². The molecular weight excluding hydrogens is 445 g/mol. The number of primary amides is 1. The highest BCUT2D eigenvalue weighted by Crippen LogP contribution is 2.28. The number of aromatic nitrogens is 3. The molecule has 180 valence electrons. The summed E-state index contributed by atoms with van der Waals surface area (Å²) >= 11 is 0. The number of rotatable bonds is 7. The number of anilines is 3. The first kappa shape index (κ1) is 22.8. The fraction of sp³-hybridized carbons (Fsp3) is 0.269. The van der Waals surface area contributed by atoms with Gasteiger partial charge in [0, 0.05) is 23.2 Å². The smallest absolute Gasteiger partial charge is 0.252 e. The summed E-state index contributed by atoms with van der Waals surface area (Å²) in [5, 5.41) is 11.8. The Bertz CT molecular complexity index is 1350. The number of pyridine rings is 1. The molecule has 0 bridgehead atoms. The molecule has 5 rings (SSSR count). The molecule has 1 amide bonds. The average Bonchev–Trinajstić information content (AvgIpc) is 3.24. The second-order valence-electron chi connectivity index (χ2n) is 8.96. The quantitative estimate of drug-likeness (QED) is 0.320. The molecule has 6 N–H and O–H groups in total. The molecule has 0 spiro atoms. The Hall–Kier alpha value is -3.98. The summed E-state index contributed by atoms with van der Waals surface area (Å²) in [5.74, 6) is -1.18. The van der Waals surface area contributed by atoms with Crippen molar-refractivity contribution in [2.24, 2.45) is 11.5 Å². The van der Waals surface area contributed by atoms with E-state index in [-0.39, 0.29) is 29.3 Å². The number of carbonyl (C=O) groups excluding carboxylic acids is 1. The lowest BCUT2D eigenvalue weighted by atomic mass is 9.91. The molecular formula is C26H28FN7O. The predicted molar refractivity (Wildman–Crippen MR) is 135 cm³/mol. The van der Waals surface area contributed by atoms with E-state index in [1.165, 1.54) is 0 Å². The van der Waals surface area contributed by atoms with Crippen LogP contribution in [0.15, 0.2) is 60.8 Å². The normalized spacial score (nSPS) is 17.9. The van der Waals surface area contributed by atoms with Gasteiger partial charge in [-0.15, -0.1) is 0 Å². The molecule has 0 aliphatic heterocycles. The van der Waals surface area contributed by atoms with Crippen LogP contribution in [-0.2, 0) is 6.54 Å². The number of fused-ring (bicyclic) bond motifs is 1. The van der Waals surface area contributed by atoms with Gasteiger partial charge in [0.25, 0.3) is 5.91 Å². The van der Waals surface area contributed by atoms with Crippen molar-refractivity contribution in [2.75, 3.05) is 10.6 Å². The van der Waals surface area contributed by atoms with Gasteiger partial charge in [0.2, 0.25) is 0 Å². The number of nitrogens with zero attached hydrogens (tertiary/aromatic N) is 3. The zero-order valence-electron chi connectivity index (χ0n) is 19.2. The molecule has 2 atom stereocenters. The summed E-state index contributed by atoms with van der Waals surface area (Å²) in [5.41, 5.74) is 14.4. The van der Waals surface area contributed by atoms with Crippen molar-refractivity contribution >= 4 is 34.1 Å². The predicted octanol–water partition coefficient (Wildman–Crippen LogP) is 4.14. The van der Waals surface area contributed by atoms with E-state index < -0.39 is 11.7 Å². The highest BCUT2D eigenvalue weighted by atomic mass is 19.1. The first-order valence-electron chi connectivity index (χ1n) is 11.8. The molecule has 2 aromatic heterocycles. The van der Waals surface area contributed by atoms with E-state index in [0.29, 0.717) is 12.2 Å². The van der Waals surface area contributed by atoms with E-state index in [9.17, 15) is 9.18 Å². The van der Waals surface area contributed by atoms with Gasteiger partial charge in [-0.25, -0.2) is 9.37 Å². The van der Waals surface area contributed by atoms with Crippen LogP contribution in [0.3, 0.4) is 0 Å². The van der Waals surface area contributed by atoms with Crippen molar-refractivity contribution in [3.05, 3.63) is 77.7 Å². The van der Waals surface area contributed by atoms with Crippen LogP contribution < -0.4 is 22.1 Å². The summed E-state index contributed by atoms with van der Waals surface area (Å²) in [6.45, 7) is 0.616. The lowest BCUT2D eigenvalue weighted by Crippen LogP contribution is -2.43. The lowest BCUT2D eigenvalue weighted by Gasteiger charge is -2.30. The van der Waals surface area contributed by atoms with Crippen LogP contribution in [0.2, 0.25) is 0 Å². The average molecular weight is 474 g/mol. The van der Waals surface area contributed by atoms with Crippen molar-refractivity contribution in [1.82, 2.24) is 14.8 Å². The summed E-state index contributed by atoms with van der Waals surface area (Å²) in [6, 6.07) is 16.7. The molecule has 0 saturated heterocycles. The largest absolute Gasteiger partial charge is 0.365 e. The minimum atomic E-state index is -0.769. The van der Waals surface area contributed by atoms with E-state index in [1.807, 2.05) is 59.4 Å². The van der Waals surface area contributed by atoms with Crippen molar-refractivity contribution in [3.8, 4) is 0 Å². The second-order valence-corrected chi connectivity index (χ2v) is 8.96. The molecule has 1 fully saturated rings. The molecule has 2 aromatic carbocycles. The third-order valence-corrected chi connectivity index (χ3v) is 6.47. The topological polar surface area (TPSA) is 124 Å². The van der Waals surface area contributed by atoms with E-state index >= 15 is 0 Å². The molecule has 4 aromatic rings.